The lowest BCUT2D eigenvalue weighted by Gasteiger charge is -2.35. The van der Waals surface area contributed by atoms with E-state index in [9.17, 15) is 4.79 Å². The summed E-state index contributed by atoms with van der Waals surface area (Å²) >= 11 is 1.55. The van der Waals surface area contributed by atoms with Crippen molar-refractivity contribution in [2.24, 2.45) is 0 Å². The molecule has 0 bridgehead atoms. The van der Waals surface area contributed by atoms with Crippen LogP contribution in [0.4, 0.5) is 0 Å². The van der Waals surface area contributed by atoms with Crippen molar-refractivity contribution >= 4 is 29.7 Å². The Bertz CT molecular complexity index is 474. The lowest BCUT2D eigenvalue weighted by Crippen LogP contribution is -2.49. The summed E-state index contributed by atoms with van der Waals surface area (Å²) in [6.45, 7) is 7.61. The van der Waals surface area contributed by atoms with Crippen molar-refractivity contribution in [3.63, 3.8) is 0 Å². The Balaban J connectivity index is 0.00000208. The van der Waals surface area contributed by atoms with Gasteiger partial charge in [-0.3, -0.25) is 9.69 Å². The van der Waals surface area contributed by atoms with Gasteiger partial charge in [-0.2, -0.15) is 0 Å². The Hall–Kier alpha value is -0.660. The maximum Gasteiger partial charge on any atom is 0.264 e. The van der Waals surface area contributed by atoms with E-state index in [1.807, 2.05) is 17.5 Å². The molecule has 0 spiro atoms. The number of piperidine rings is 1. The minimum atomic E-state index is 0. The molecule has 1 amide bonds. The molecule has 1 aromatic rings. The molecule has 0 aromatic carbocycles. The van der Waals surface area contributed by atoms with Crippen LogP contribution >= 0.6 is 23.7 Å². The van der Waals surface area contributed by atoms with Crippen LogP contribution in [-0.4, -0.2) is 74.2 Å². The topological polar surface area (TPSA) is 44.8 Å². The van der Waals surface area contributed by atoms with Crippen LogP contribution in [0.15, 0.2) is 17.5 Å². The maximum absolute atomic E-state index is 12.9. The van der Waals surface area contributed by atoms with Gasteiger partial charge >= 0.3 is 0 Å². The number of rotatable bonds is 6. The monoisotopic (exact) mass is 373 g/mol. The standard InChI is InChI=1S/C17H27N3O2S.ClH/c21-17(16-5-2-13-23-16)20(15-4-1-6-18-14-15)8-3-7-19-9-11-22-12-10-19;/h2,5,13,15,18H,1,3-4,6-12,14H2;1H. The van der Waals surface area contributed by atoms with E-state index < -0.39 is 0 Å². The van der Waals surface area contributed by atoms with Crippen LogP contribution in [0.3, 0.4) is 0 Å². The Labute approximate surface area is 154 Å². The Kier molecular flexibility index (Phi) is 8.49. The minimum Gasteiger partial charge on any atom is -0.379 e. The third kappa shape index (κ3) is 5.43. The van der Waals surface area contributed by atoms with E-state index in [4.69, 9.17) is 4.74 Å². The second-order valence-corrected chi connectivity index (χ2v) is 7.23. The third-order valence-electron chi connectivity index (χ3n) is 4.68. The van der Waals surface area contributed by atoms with Gasteiger partial charge in [0.2, 0.25) is 0 Å². The predicted octanol–water partition coefficient (Wildman–Crippen LogP) is 2.09. The van der Waals surface area contributed by atoms with E-state index in [-0.39, 0.29) is 18.3 Å². The number of ether oxygens (including phenoxy) is 1. The van der Waals surface area contributed by atoms with Crippen LogP contribution in [0.5, 0.6) is 0 Å². The van der Waals surface area contributed by atoms with E-state index >= 15 is 0 Å². The quantitative estimate of drug-likeness (QED) is 0.829. The zero-order valence-electron chi connectivity index (χ0n) is 14.1. The van der Waals surface area contributed by atoms with Crippen LogP contribution in [0.25, 0.3) is 0 Å². The van der Waals surface area contributed by atoms with E-state index in [2.05, 4.69) is 15.1 Å². The molecule has 0 saturated carbocycles. The van der Waals surface area contributed by atoms with E-state index in [1.165, 1.54) is 0 Å². The zero-order chi connectivity index (χ0) is 15.9. The van der Waals surface area contributed by atoms with Crippen molar-refractivity contribution in [2.45, 2.75) is 25.3 Å². The fourth-order valence-electron chi connectivity index (χ4n) is 3.38. The second-order valence-electron chi connectivity index (χ2n) is 6.28. The number of halogens is 1. The summed E-state index contributed by atoms with van der Waals surface area (Å²) in [6.07, 6.45) is 3.30. The second kappa shape index (κ2) is 10.4. The molecule has 1 aromatic heterocycles. The number of amides is 1. The van der Waals surface area contributed by atoms with Gasteiger partial charge in [-0.05, 0) is 37.3 Å². The first-order valence-corrected chi connectivity index (χ1v) is 9.58. The molecule has 5 nitrogen and oxygen atoms in total. The highest BCUT2D eigenvalue weighted by Crippen LogP contribution is 2.18. The average Bonchev–Trinajstić information content (AvgIpc) is 3.15. The molecular formula is C17H28ClN3O2S. The van der Waals surface area contributed by atoms with Crippen LogP contribution < -0.4 is 5.32 Å². The molecule has 0 radical (unpaired) electrons. The average molecular weight is 374 g/mol. The highest BCUT2D eigenvalue weighted by atomic mass is 35.5. The number of carbonyl (C=O) groups excluding carboxylic acids is 1. The fraction of sp³-hybridized carbons (Fsp3) is 0.706. The molecule has 2 saturated heterocycles. The number of thiophene rings is 1. The third-order valence-corrected chi connectivity index (χ3v) is 5.54. The summed E-state index contributed by atoms with van der Waals surface area (Å²) in [5.41, 5.74) is 0. The molecule has 1 atom stereocenters. The first kappa shape index (κ1) is 19.7. The molecule has 1 N–H and O–H groups in total. The van der Waals surface area contributed by atoms with E-state index in [1.54, 1.807) is 11.3 Å². The number of nitrogens with zero attached hydrogens (tertiary/aromatic N) is 2. The molecule has 2 fully saturated rings. The lowest BCUT2D eigenvalue weighted by molar-refractivity contribution is 0.0343. The van der Waals surface area contributed by atoms with Gasteiger partial charge in [-0.25, -0.2) is 0 Å². The highest BCUT2D eigenvalue weighted by Gasteiger charge is 2.26. The smallest absolute Gasteiger partial charge is 0.264 e. The molecule has 0 aliphatic carbocycles. The maximum atomic E-state index is 12.9. The van der Waals surface area contributed by atoms with Gasteiger partial charge in [0.15, 0.2) is 0 Å². The molecule has 2 aliphatic rings. The van der Waals surface area contributed by atoms with Crippen LogP contribution in [0.1, 0.15) is 28.9 Å². The van der Waals surface area contributed by atoms with Crippen molar-refractivity contribution in [1.82, 2.24) is 15.1 Å². The van der Waals surface area contributed by atoms with Gasteiger partial charge in [0.05, 0.1) is 18.1 Å². The summed E-state index contributed by atoms with van der Waals surface area (Å²) in [5, 5.41) is 5.42. The molecular weight excluding hydrogens is 346 g/mol. The first-order valence-electron chi connectivity index (χ1n) is 8.70. The number of carbonyl (C=O) groups is 1. The van der Waals surface area contributed by atoms with Crippen molar-refractivity contribution in [3.8, 4) is 0 Å². The fourth-order valence-corrected chi connectivity index (χ4v) is 4.06. The molecule has 136 valence electrons. The SMILES string of the molecule is Cl.O=C(c1cccs1)N(CCCN1CCOCC1)C1CCCNC1. The van der Waals surface area contributed by atoms with E-state index in [0.29, 0.717) is 6.04 Å². The summed E-state index contributed by atoms with van der Waals surface area (Å²) in [7, 11) is 0. The summed E-state index contributed by atoms with van der Waals surface area (Å²) in [5.74, 6) is 0.204. The van der Waals surface area contributed by atoms with Gasteiger partial charge in [0, 0.05) is 38.8 Å². The van der Waals surface area contributed by atoms with Crippen LogP contribution in [0, 0.1) is 0 Å². The molecule has 2 aliphatic heterocycles. The summed E-state index contributed by atoms with van der Waals surface area (Å²) in [6, 6.07) is 4.24. The predicted molar refractivity (Wildman–Crippen MR) is 100 cm³/mol. The van der Waals surface area contributed by atoms with Crippen LogP contribution in [0.2, 0.25) is 0 Å². The largest absolute Gasteiger partial charge is 0.379 e. The number of hydrogen-bond acceptors (Lipinski definition) is 5. The minimum absolute atomic E-state index is 0. The van der Waals surface area contributed by atoms with Gasteiger partial charge in [0.25, 0.3) is 5.91 Å². The highest BCUT2D eigenvalue weighted by molar-refractivity contribution is 7.12. The summed E-state index contributed by atoms with van der Waals surface area (Å²) < 4.78 is 5.40. The number of morpholine rings is 1. The first-order chi connectivity index (χ1) is 11.3. The Morgan fingerprint density at radius 3 is 2.92 bits per heavy atom. The van der Waals surface area contributed by atoms with Gasteiger partial charge in [-0.1, -0.05) is 6.07 Å². The van der Waals surface area contributed by atoms with Gasteiger partial charge < -0.3 is 15.0 Å². The molecule has 24 heavy (non-hydrogen) atoms. The molecule has 7 heteroatoms. The Morgan fingerprint density at radius 2 is 2.25 bits per heavy atom. The van der Waals surface area contributed by atoms with Crippen molar-refractivity contribution < 1.29 is 9.53 Å². The van der Waals surface area contributed by atoms with E-state index in [0.717, 1.165) is 76.6 Å². The number of hydrogen-bond donors (Lipinski definition) is 1. The lowest BCUT2D eigenvalue weighted by atomic mass is 10.1. The van der Waals surface area contributed by atoms with Crippen molar-refractivity contribution in [1.29, 1.82) is 0 Å². The molecule has 1 unspecified atom stereocenters. The van der Waals surface area contributed by atoms with Crippen molar-refractivity contribution in [2.75, 3.05) is 52.5 Å². The van der Waals surface area contributed by atoms with Gasteiger partial charge in [0.1, 0.15) is 0 Å². The number of nitrogens with one attached hydrogen (secondary N) is 1. The van der Waals surface area contributed by atoms with Gasteiger partial charge in [-0.15, -0.1) is 23.7 Å². The molecule has 3 rings (SSSR count). The normalized spacial score (nSPS) is 21.9. The summed E-state index contributed by atoms with van der Waals surface area (Å²) in [4.78, 5) is 18.3. The zero-order valence-corrected chi connectivity index (χ0v) is 15.7. The Morgan fingerprint density at radius 1 is 1.42 bits per heavy atom. The van der Waals surface area contributed by atoms with Crippen LogP contribution in [-0.2, 0) is 4.74 Å². The molecule has 3 heterocycles. The van der Waals surface area contributed by atoms with Crippen molar-refractivity contribution in [3.05, 3.63) is 22.4 Å².